The monoisotopic (exact) mass is 449 g/mol. The summed E-state index contributed by atoms with van der Waals surface area (Å²) in [5, 5.41) is 0.551. The number of aromatic amines is 1. The van der Waals surface area contributed by atoms with Gasteiger partial charge in [0.25, 0.3) is 0 Å². The third kappa shape index (κ3) is 3.36. The van der Waals surface area contributed by atoms with E-state index in [1.807, 2.05) is 0 Å². The molecule has 3 aromatic rings. The fraction of sp³-hybridized carbons (Fsp3) is 0.118. The summed E-state index contributed by atoms with van der Waals surface area (Å²) in [6.45, 7) is 0. The van der Waals surface area contributed by atoms with Gasteiger partial charge in [0, 0.05) is 16.5 Å². The van der Waals surface area contributed by atoms with Crippen LogP contribution in [0.25, 0.3) is 10.9 Å². The summed E-state index contributed by atoms with van der Waals surface area (Å²) in [5.41, 5.74) is 0.986. The Bertz CT molecular complexity index is 1040. The van der Waals surface area contributed by atoms with Gasteiger partial charge in [-0.2, -0.15) is 8.78 Å². The summed E-state index contributed by atoms with van der Waals surface area (Å²) in [6, 6.07) is 4.96. The van der Waals surface area contributed by atoms with Crippen molar-refractivity contribution in [3.63, 3.8) is 0 Å². The van der Waals surface area contributed by atoms with Gasteiger partial charge < -0.3 is 14.5 Å². The second-order valence-corrected chi connectivity index (χ2v) is 6.17. The Labute approximate surface area is 157 Å². The average Bonchev–Trinajstić information content (AvgIpc) is 2.96. The van der Waals surface area contributed by atoms with Crippen molar-refractivity contribution in [1.82, 2.24) is 4.98 Å². The summed E-state index contributed by atoms with van der Waals surface area (Å²) in [5.74, 6) is -13.6. The number of benzene rings is 2. The van der Waals surface area contributed by atoms with E-state index in [0.29, 0.717) is 26.8 Å². The topological polar surface area (TPSA) is 51.3 Å². The van der Waals surface area contributed by atoms with E-state index in [-0.39, 0.29) is 0 Å². The Kier molecular flexibility index (Phi) is 5.09. The van der Waals surface area contributed by atoms with E-state index in [1.165, 1.54) is 7.11 Å². The minimum absolute atomic E-state index is 0.359. The number of aromatic nitrogens is 1. The quantitative estimate of drug-likeness (QED) is 0.205. The first-order chi connectivity index (χ1) is 12.7. The molecule has 0 fully saturated rings. The molecule has 0 saturated heterocycles. The van der Waals surface area contributed by atoms with Crippen LogP contribution in [0.3, 0.4) is 0 Å². The minimum Gasteiger partial charge on any atom is -0.497 e. The number of hydrogen-bond donors (Lipinski definition) is 1. The summed E-state index contributed by atoms with van der Waals surface area (Å²) in [4.78, 5) is 15.0. The third-order valence-electron chi connectivity index (χ3n) is 3.77. The average molecular weight is 450 g/mol. The largest absolute Gasteiger partial charge is 0.497 e. The highest BCUT2D eigenvalue weighted by atomic mass is 79.9. The molecule has 0 aliphatic carbocycles. The number of methoxy groups -OCH3 is 1. The van der Waals surface area contributed by atoms with Crippen molar-refractivity contribution in [2.24, 2.45) is 0 Å². The summed E-state index contributed by atoms with van der Waals surface area (Å²) in [6.07, 6.45) is -0.507. The van der Waals surface area contributed by atoms with Gasteiger partial charge in [-0.05, 0) is 34.1 Å². The number of H-pyrrole nitrogens is 1. The second kappa shape index (κ2) is 7.18. The highest BCUT2D eigenvalue weighted by Crippen LogP contribution is 2.32. The van der Waals surface area contributed by atoms with Crippen molar-refractivity contribution < 1.29 is 36.2 Å². The van der Waals surface area contributed by atoms with Crippen LogP contribution < -0.4 is 9.47 Å². The highest BCUT2D eigenvalue weighted by molar-refractivity contribution is 9.10. The van der Waals surface area contributed by atoms with Crippen molar-refractivity contribution in [1.29, 1.82) is 0 Å². The number of nitrogens with one attached hydrogen (secondary N) is 1. The van der Waals surface area contributed by atoms with Crippen LogP contribution in [-0.2, 0) is 11.2 Å². The summed E-state index contributed by atoms with van der Waals surface area (Å²) in [7, 11) is 1.44. The van der Waals surface area contributed by atoms with Crippen LogP contribution in [0.4, 0.5) is 22.0 Å². The van der Waals surface area contributed by atoms with E-state index in [1.54, 1.807) is 18.2 Å². The van der Waals surface area contributed by atoms with Gasteiger partial charge in [0.15, 0.2) is 0 Å². The van der Waals surface area contributed by atoms with Gasteiger partial charge in [0.1, 0.15) is 5.75 Å². The van der Waals surface area contributed by atoms with Gasteiger partial charge in [0.2, 0.25) is 34.8 Å². The van der Waals surface area contributed by atoms with Crippen molar-refractivity contribution >= 4 is 32.8 Å². The number of carbonyl (C=O) groups excluding carboxylic acids is 1. The van der Waals surface area contributed by atoms with Crippen LogP contribution in [0.5, 0.6) is 11.5 Å². The number of fused-ring (bicyclic) bond motifs is 1. The van der Waals surface area contributed by atoms with Crippen LogP contribution in [-0.4, -0.2) is 18.1 Å². The smallest absolute Gasteiger partial charge is 0.315 e. The lowest BCUT2D eigenvalue weighted by molar-refractivity contribution is -0.134. The van der Waals surface area contributed by atoms with E-state index in [0.717, 1.165) is 0 Å². The van der Waals surface area contributed by atoms with E-state index in [4.69, 9.17) is 4.74 Å². The molecule has 27 heavy (non-hydrogen) atoms. The lowest BCUT2D eigenvalue weighted by atomic mass is 10.1. The Balaban J connectivity index is 1.94. The molecule has 0 spiro atoms. The SMILES string of the molecule is COc1ccc2[nH]c(Br)c(CC(=O)Oc3c(F)c(F)c(F)c(F)c3F)c2c1. The predicted molar refractivity (Wildman–Crippen MR) is 88.1 cm³/mol. The fourth-order valence-electron chi connectivity index (χ4n) is 2.46. The zero-order valence-electron chi connectivity index (χ0n) is 13.4. The first-order valence-corrected chi connectivity index (χ1v) is 8.10. The normalized spacial score (nSPS) is 11.1. The van der Waals surface area contributed by atoms with E-state index >= 15 is 0 Å². The van der Waals surface area contributed by atoms with Crippen molar-refractivity contribution in [2.45, 2.75) is 6.42 Å². The van der Waals surface area contributed by atoms with Gasteiger partial charge >= 0.3 is 5.97 Å². The van der Waals surface area contributed by atoms with E-state index in [2.05, 4.69) is 25.7 Å². The minimum atomic E-state index is -2.34. The van der Waals surface area contributed by atoms with Crippen LogP contribution in [0.2, 0.25) is 0 Å². The molecule has 0 saturated carbocycles. The molecule has 10 heteroatoms. The Hall–Kier alpha value is -2.62. The molecule has 0 aliphatic rings. The van der Waals surface area contributed by atoms with Crippen LogP contribution in [0.1, 0.15) is 5.56 Å². The molecular weight excluding hydrogens is 441 g/mol. The lowest BCUT2D eigenvalue weighted by Gasteiger charge is -2.09. The standard InChI is InChI=1S/C17H9BrF5NO3/c1-26-6-2-3-9-7(4-6)8(17(18)24-9)5-10(25)27-16-14(22)12(20)11(19)13(21)15(16)23/h2-4,24H,5H2,1H3. The van der Waals surface area contributed by atoms with Gasteiger partial charge in [-0.15, -0.1) is 0 Å². The fourth-order valence-corrected chi connectivity index (χ4v) is 3.03. The van der Waals surface area contributed by atoms with Crippen molar-refractivity contribution in [3.8, 4) is 11.5 Å². The first-order valence-electron chi connectivity index (χ1n) is 7.30. The Morgan fingerprint density at radius 3 is 2.22 bits per heavy atom. The third-order valence-corrected chi connectivity index (χ3v) is 4.44. The molecule has 0 unspecified atom stereocenters. The molecule has 1 N–H and O–H groups in total. The second-order valence-electron chi connectivity index (χ2n) is 5.38. The molecule has 0 bridgehead atoms. The van der Waals surface area contributed by atoms with Crippen molar-refractivity contribution in [2.75, 3.05) is 7.11 Å². The molecule has 2 aromatic carbocycles. The molecule has 0 atom stereocenters. The maximum absolute atomic E-state index is 13.6. The van der Waals surface area contributed by atoms with Crippen LogP contribution in [0.15, 0.2) is 22.8 Å². The molecule has 0 radical (unpaired) electrons. The molecule has 0 amide bonds. The molecule has 4 nitrogen and oxygen atoms in total. The molecule has 142 valence electrons. The molecule has 1 aromatic heterocycles. The Morgan fingerprint density at radius 1 is 1.04 bits per heavy atom. The number of rotatable bonds is 4. The first kappa shape index (κ1) is 19.2. The van der Waals surface area contributed by atoms with Gasteiger partial charge in [-0.3, -0.25) is 4.79 Å². The van der Waals surface area contributed by atoms with E-state index < -0.39 is 47.2 Å². The highest BCUT2D eigenvalue weighted by Gasteiger charge is 2.29. The van der Waals surface area contributed by atoms with Crippen LogP contribution >= 0.6 is 15.9 Å². The Morgan fingerprint density at radius 2 is 1.63 bits per heavy atom. The predicted octanol–water partition coefficient (Wildman–Crippen LogP) is 4.78. The lowest BCUT2D eigenvalue weighted by Crippen LogP contribution is -2.15. The van der Waals surface area contributed by atoms with Gasteiger partial charge in [-0.1, -0.05) is 0 Å². The number of ether oxygens (including phenoxy) is 2. The molecule has 0 aliphatic heterocycles. The molecule has 1 heterocycles. The zero-order chi connectivity index (χ0) is 19.9. The molecular formula is C17H9BrF5NO3. The van der Waals surface area contributed by atoms with E-state index in [9.17, 15) is 26.7 Å². The maximum atomic E-state index is 13.6. The summed E-state index contributed by atoms with van der Waals surface area (Å²) >= 11 is 3.21. The zero-order valence-corrected chi connectivity index (χ0v) is 15.0. The van der Waals surface area contributed by atoms with Gasteiger partial charge in [0.05, 0.1) is 18.1 Å². The number of carbonyl (C=O) groups is 1. The molecule has 3 rings (SSSR count). The summed E-state index contributed by atoms with van der Waals surface area (Å²) < 4.78 is 76.7. The number of hydrogen-bond acceptors (Lipinski definition) is 3. The number of halogens is 6. The van der Waals surface area contributed by atoms with Crippen LogP contribution in [0, 0.1) is 29.1 Å². The van der Waals surface area contributed by atoms with Gasteiger partial charge in [-0.25, -0.2) is 13.2 Å². The van der Waals surface area contributed by atoms with Crippen molar-refractivity contribution in [3.05, 3.63) is 57.5 Å². The number of esters is 1. The maximum Gasteiger partial charge on any atom is 0.315 e.